The molecule has 2 N–H and O–H groups in total. The Kier molecular flexibility index (Phi) is 3.59. The van der Waals surface area contributed by atoms with Crippen LogP contribution >= 0.6 is 0 Å². The maximum atomic E-state index is 12.4. The van der Waals surface area contributed by atoms with E-state index in [4.69, 9.17) is 0 Å². The van der Waals surface area contributed by atoms with Crippen LogP contribution in [0.1, 0.15) is 34.1 Å². The van der Waals surface area contributed by atoms with Gasteiger partial charge in [0.2, 0.25) is 0 Å². The van der Waals surface area contributed by atoms with Crippen LogP contribution in [0.3, 0.4) is 0 Å². The molecule has 0 aliphatic rings. The summed E-state index contributed by atoms with van der Waals surface area (Å²) >= 11 is 0. The van der Waals surface area contributed by atoms with Crippen LogP contribution in [0, 0.1) is 6.92 Å². The number of nitrogens with one attached hydrogen (secondary N) is 2. The van der Waals surface area contributed by atoms with E-state index in [1.54, 1.807) is 13.2 Å². The molecule has 0 fully saturated rings. The zero-order valence-electron chi connectivity index (χ0n) is 10.4. The van der Waals surface area contributed by atoms with Crippen LogP contribution in [-0.2, 0) is 6.54 Å². The first-order valence-corrected chi connectivity index (χ1v) is 5.56. The summed E-state index contributed by atoms with van der Waals surface area (Å²) in [5.74, 6) is 0.176. The number of hydrogen-bond acceptors (Lipinski definition) is 3. The van der Waals surface area contributed by atoms with Crippen molar-refractivity contribution in [3.05, 3.63) is 35.2 Å². The molecule has 2 aromatic heterocycles. The van der Waals surface area contributed by atoms with Crippen molar-refractivity contribution >= 4 is 5.91 Å². The molecule has 6 nitrogen and oxygen atoms in total. The van der Waals surface area contributed by atoms with E-state index in [-0.39, 0.29) is 17.9 Å². The molecule has 0 saturated heterocycles. The maximum absolute atomic E-state index is 12.4. The highest BCUT2D eigenvalue weighted by atomic mass is 19.3. The zero-order valence-corrected chi connectivity index (χ0v) is 10.4. The molecule has 0 aromatic carbocycles. The number of H-pyrrole nitrogens is 2. The van der Waals surface area contributed by atoms with E-state index in [1.807, 2.05) is 6.92 Å². The van der Waals surface area contributed by atoms with E-state index in [2.05, 4.69) is 20.2 Å². The van der Waals surface area contributed by atoms with Crippen molar-refractivity contribution in [2.24, 2.45) is 0 Å². The first kappa shape index (κ1) is 13.2. The summed E-state index contributed by atoms with van der Waals surface area (Å²) in [6.07, 6.45) is -1.02. The molecule has 8 heteroatoms. The van der Waals surface area contributed by atoms with E-state index in [9.17, 15) is 13.6 Å². The topological polar surface area (TPSA) is 77.7 Å². The number of rotatable bonds is 4. The molecule has 0 aliphatic heterocycles. The van der Waals surface area contributed by atoms with Gasteiger partial charge in [0.25, 0.3) is 12.3 Å². The molecular weight excluding hydrogens is 256 g/mol. The van der Waals surface area contributed by atoms with Crippen LogP contribution in [0.25, 0.3) is 0 Å². The van der Waals surface area contributed by atoms with E-state index in [0.717, 1.165) is 11.8 Å². The van der Waals surface area contributed by atoms with Crippen molar-refractivity contribution in [2.45, 2.75) is 19.9 Å². The van der Waals surface area contributed by atoms with Crippen LogP contribution in [-0.4, -0.2) is 38.0 Å². The van der Waals surface area contributed by atoms with Crippen molar-refractivity contribution in [1.82, 2.24) is 25.1 Å². The molecule has 1 amide bonds. The summed E-state index contributed by atoms with van der Waals surface area (Å²) in [4.78, 5) is 20.4. The van der Waals surface area contributed by atoms with Crippen LogP contribution in [0.2, 0.25) is 0 Å². The third-order valence-corrected chi connectivity index (χ3v) is 2.54. The highest BCUT2D eigenvalue weighted by molar-refractivity contribution is 5.92. The van der Waals surface area contributed by atoms with Crippen molar-refractivity contribution in [1.29, 1.82) is 0 Å². The molecule has 0 saturated carbocycles. The van der Waals surface area contributed by atoms with Gasteiger partial charge < -0.3 is 9.88 Å². The fourth-order valence-electron chi connectivity index (χ4n) is 1.60. The third kappa shape index (κ3) is 2.95. The average molecular weight is 269 g/mol. The highest BCUT2D eigenvalue weighted by Gasteiger charge is 2.19. The van der Waals surface area contributed by atoms with Crippen LogP contribution in [0.4, 0.5) is 8.78 Å². The Morgan fingerprint density at radius 1 is 1.53 bits per heavy atom. The van der Waals surface area contributed by atoms with E-state index in [1.165, 1.54) is 4.90 Å². The molecule has 0 bridgehead atoms. The Morgan fingerprint density at radius 3 is 2.79 bits per heavy atom. The number of nitrogens with zero attached hydrogens (tertiary/aromatic N) is 3. The minimum atomic E-state index is -2.67. The molecule has 2 rings (SSSR count). The number of imidazole rings is 1. The number of carbonyl (C=O) groups excluding carboxylic acids is 1. The van der Waals surface area contributed by atoms with Crippen LogP contribution < -0.4 is 0 Å². The third-order valence-electron chi connectivity index (χ3n) is 2.54. The number of amides is 1. The summed E-state index contributed by atoms with van der Waals surface area (Å²) in [6, 6.07) is 1.05. The second kappa shape index (κ2) is 5.17. The van der Waals surface area contributed by atoms with Gasteiger partial charge in [-0.2, -0.15) is 5.10 Å². The van der Waals surface area contributed by atoms with Crippen LogP contribution in [0.15, 0.2) is 12.3 Å². The first-order chi connectivity index (χ1) is 8.97. The molecular formula is C11H13F2N5O. The summed E-state index contributed by atoms with van der Waals surface area (Å²) in [7, 11) is 1.55. The lowest BCUT2D eigenvalue weighted by molar-refractivity contribution is 0.0776. The Bertz CT molecular complexity index is 577. The number of carbonyl (C=O) groups is 1. The van der Waals surface area contributed by atoms with Gasteiger partial charge in [0, 0.05) is 18.9 Å². The fourth-order valence-corrected chi connectivity index (χ4v) is 1.60. The van der Waals surface area contributed by atoms with Gasteiger partial charge >= 0.3 is 0 Å². The number of aryl methyl sites for hydroxylation is 1. The quantitative estimate of drug-likeness (QED) is 0.886. The fraction of sp³-hybridized carbons (Fsp3) is 0.364. The molecule has 2 heterocycles. The maximum Gasteiger partial charge on any atom is 0.279 e. The standard InChI is InChI=1S/C11H13F2N5O/c1-6-4-14-9(15-6)5-18(2)11(19)8-3-7(10(12)13)16-17-8/h3-4,10H,5H2,1-2H3,(H,14,15)(H,16,17). The van der Waals surface area contributed by atoms with Crippen molar-refractivity contribution in [3.8, 4) is 0 Å². The predicted molar refractivity (Wildman–Crippen MR) is 62.7 cm³/mol. The second-order valence-corrected chi connectivity index (χ2v) is 4.18. The number of hydrogen-bond donors (Lipinski definition) is 2. The molecule has 19 heavy (non-hydrogen) atoms. The summed E-state index contributed by atoms with van der Waals surface area (Å²) in [5.41, 5.74) is 0.474. The molecule has 102 valence electrons. The number of halogens is 2. The molecule has 0 aliphatic carbocycles. The first-order valence-electron chi connectivity index (χ1n) is 5.56. The molecule has 0 radical (unpaired) electrons. The van der Waals surface area contributed by atoms with Gasteiger partial charge in [0.1, 0.15) is 11.5 Å². The molecule has 0 spiro atoms. The van der Waals surface area contributed by atoms with Crippen molar-refractivity contribution in [3.63, 3.8) is 0 Å². The van der Waals surface area contributed by atoms with Gasteiger partial charge in [0.15, 0.2) is 5.69 Å². The lowest BCUT2D eigenvalue weighted by Gasteiger charge is -2.13. The SMILES string of the molecule is Cc1cnc(CN(C)C(=O)c2cc(C(F)F)[nH]n2)[nH]1. The molecule has 0 atom stereocenters. The van der Waals surface area contributed by atoms with Gasteiger partial charge in [-0.1, -0.05) is 0 Å². The molecule has 0 unspecified atom stereocenters. The Morgan fingerprint density at radius 2 is 2.26 bits per heavy atom. The van der Waals surface area contributed by atoms with Crippen molar-refractivity contribution < 1.29 is 13.6 Å². The lowest BCUT2D eigenvalue weighted by Crippen LogP contribution is -2.27. The van der Waals surface area contributed by atoms with Crippen molar-refractivity contribution in [2.75, 3.05) is 7.05 Å². The minimum Gasteiger partial charge on any atom is -0.345 e. The van der Waals surface area contributed by atoms with Gasteiger partial charge in [-0.05, 0) is 13.0 Å². The number of alkyl halides is 2. The Balaban J connectivity index is 2.05. The van der Waals surface area contributed by atoms with Gasteiger partial charge in [-0.3, -0.25) is 9.89 Å². The normalized spacial score (nSPS) is 11.0. The largest absolute Gasteiger partial charge is 0.345 e. The molecule has 2 aromatic rings. The summed E-state index contributed by atoms with van der Waals surface area (Å²) < 4.78 is 24.8. The summed E-state index contributed by atoms with van der Waals surface area (Å²) in [6.45, 7) is 2.10. The lowest BCUT2D eigenvalue weighted by atomic mass is 10.3. The Labute approximate surface area is 107 Å². The zero-order chi connectivity index (χ0) is 14.0. The van der Waals surface area contributed by atoms with Gasteiger partial charge in [-0.25, -0.2) is 13.8 Å². The Hall–Kier alpha value is -2.25. The number of aromatic amines is 2. The van der Waals surface area contributed by atoms with Gasteiger partial charge in [-0.15, -0.1) is 0 Å². The number of aromatic nitrogens is 4. The monoisotopic (exact) mass is 269 g/mol. The average Bonchev–Trinajstić information content (AvgIpc) is 2.97. The predicted octanol–water partition coefficient (Wildman–Crippen LogP) is 1.65. The minimum absolute atomic E-state index is 0.0407. The second-order valence-electron chi connectivity index (χ2n) is 4.18. The van der Waals surface area contributed by atoms with E-state index in [0.29, 0.717) is 5.82 Å². The van der Waals surface area contributed by atoms with E-state index >= 15 is 0 Å². The summed E-state index contributed by atoms with van der Waals surface area (Å²) in [5, 5.41) is 5.72. The van der Waals surface area contributed by atoms with Gasteiger partial charge in [0.05, 0.1) is 6.54 Å². The smallest absolute Gasteiger partial charge is 0.279 e. The van der Waals surface area contributed by atoms with Crippen LogP contribution in [0.5, 0.6) is 0 Å². The highest BCUT2D eigenvalue weighted by Crippen LogP contribution is 2.17. The van der Waals surface area contributed by atoms with E-state index < -0.39 is 12.3 Å².